The molecule has 0 saturated heterocycles. The maximum absolute atomic E-state index is 12.2. The second kappa shape index (κ2) is 8.29. The first kappa shape index (κ1) is 17.0. The number of benzene rings is 1. The van der Waals surface area contributed by atoms with E-state index >= 15 is 0 Å². The third-order valence-corrected chi connectivity index (χ3v) is 3.56. The molecular formula is C18H24N4O. The minimum absolute atomic E-state index is 0.0612. The molecule has 2 rings (SSSR count). The van der Waals surface area contributed by atoms with Crippen LogP contribution in [-0.2, 0) is 0 Å². The van der Waals surface area contributed by atoms with Crippen molar-refractivity contribution >= 4 is 17.4 Å². The van der Waals surface area contributed by atoms with E-state index in [1.54, 1.807) is 12.3 Å². The number of aromatic nitrogens is 1. The summed E-state index contributed by atoms with van der Waals surface area (Å²) in [6.45, 7) is 1.63. The smallest absolute Gasteiger partial charge is 0.251 e. The molecule has 5 heteroatoms. The van der Waals surface area contributed by atoms with E-state index < -0.39 is 0 Å². The molecule has 0 fully saturated rings. The van der Waals surface area contributed by atoms with E-state index in [2.05, 4.69) is 15.2 Å². The number of anilines is 2. The summed E-state index contributed by atoms with van der Waals surface area (Å²) >= 11 is 0. The Labute approximate surface area is 137 Å². The fraction of sp³-hybridized carbons (Fsp3) is 0.333. The second-order valence-electron chi connectivity index (χ2n) is 5.71. The molecule has 0 bridgehead atoms. The first-order valence-electron chi connectivity index (χ1n) is 7.75. The molecule has 23 heavy (non-hydrogen) atoms. The van der Waals surface area contributed by atoms with Gasteiger partial charge in [0.15, 0.2) is 0 Å². The number of nitrogens with one attached hydrogen (secondary N) is 1. The fourth-order valence-electron chi connectivity index (χ4n) is 2.23. The Hall–Kier alpha value is -2.40. The summed E-state index contributed by atoms with van der Waals surface area (Å²) in [5.41, 5.74) is 1.66. The zero-order chi connectivity index (χ0) is 16.7. The van der Waals surface area contributed by atoms with Gasteiger partial charge in [-0.25, -0.2) is 4.98 Å². The third kappa shape index (κ3) is 5.07. The van der Waals surface area contributed by atoms with Crippen LogP contribution in [0.2, 0.25) is 0 Å². The minimum atomic E-state index is -0.0612. The Morgan fingerprint density at radius 1 is 1.13 bits per heavy atom. The number of para-hydroxylation sites is 1. The lowest BCUT2D eigenvalue weighted by atomic mass is 10.2. The van der Waals surface area contributed by atoms with Gasteiger partial charge in [-0.2, -0.15) is 0 Å². The first-order chi connectivity index (χ1) is 11.1. The molecule has 1 N–H and O–H groups in total. The third-order valence-electron chi connectivity index (χ3n) is 3.56. The summed E-state index contributed by atoms with van der Waals surface area (Å²) in [7, 11) is 5.99. The van der Waals surface area contributed by atoms with E-state index in [9.17, 15) is 4.79 Å². The Balaban J connectivity index is 2.00. The second-order valence-corrected chi connectivity index (χ2v) is 5.71. The molecule has 0 aliphatic heterocycles. The van der Waals surface area contributed by atoms with E-state index in [0.29, 0.717) is 12.1 Å². The number of carbonyl (C=O) groups is 1. The highest BCUT2D eigenvalue weighted by Gasteiger charge is 2.10. The predicted octanol–water partition coefficient (Wildman–Crippen LogP) is 2.53. The number of hydrogen-bond donors (Lipinski definition) is 1. The van der Waals surface area contributed by atoms with Crippen molar-refractivity contribution < 1.29 is 4.79 Å². The van der Waals surface area contributed by atoms with Gasteiger partial charge in [-0.15, -0.1) is 0 Å². The van der Waals surface area contributed by atoms with Crippen molar-refractivity contribution in [1.82, 2.24) is 15.2 Å². The van der Waals surface area contributed by atoms with Crippen molar-refractivity contribution in [3.63, 3.8) is 0 Å². The van der Waals surface area contributed by atoms with Gasteiger partial charge in [-0.05, 0) is 51.3 Å². The molecule has 0 radical (unpaired) electrons. The quantitative estimate of drug-likeness (QED) is 0.798. The fourth-order valence-corrected chi connectivity index (χ4v) is 2.23. The molecule has 0 saturated carbocycles. The molecule has 5 nitrogen and oxygen atoms in total. The Bertz CT molecular complexity index is 628. The minimum Gasteiger partial charge on any atom is -0.352 e. The van der Waals surface area contributed by atoms with Gasteiger partial charge in [-0.1, -0.05) is 18.2 Å². The molecule has 0 aliphatic carbocycles. The van der Waals surface area contributed by atoms with E-state index in [1.807, 2.05) is 62.4 Å². The van der Waals surface area contributed by atoms with Gasteiger partial charge in [0.2, 0.25) is 0 Å². The van der Waals surface area contributed by atoms with Crippen LogP contribution in [0.15, 0.2) is 48.7 Å². The molecule has 0 spiro atoms. The highest BCUT2D eigenvalue weighted by molar-refractivity contribution is 5.94. The lowest BCUT2D eigenvalue weighted by Crippen LogP contribution is -2.27. The van der Waals surface area contributed by atoms with Crippen molar-refractivity contribution in [3.8, 4) is 0 Å². The Kier molecular flexibility index (Phi) is 6.11. The van der Waals surface area contributed by atoms with Gasteiger partial charge in [-0.3, -0.25) is 4.79 Å². The number of nitrogens with zero attached hydrogens (tertiary/aromatic N) is 3. The highest BCUT2D eigenvalue weighted by Crippen LogP contribution is 2.21. The average molecular weight is 312 g/mol. The Morgan fingerprint density at radius 3 is 2.57 bits per heavy atom. The summed E-state index contributed by atoms with van der Waals surface area (Å²) in [6.07, 6.45) is 2.60. The lowest BCUT2D eigenvalue weighted by Gasteiger charge is -2.18. The zero-order valence-corrected chi connectivity index (χ0v) is 14.0. The van der Waals surface area contributed by atoms with E-state index in [-0.39, 0.29) is 5.91 Å². The number of pyridine rings is 1. The van der Waals surface area contributed by atoms with Crippen LogP contribution in [0.5, 0.6) is 0 Å². The predicted molar refractivity (Wildman–Crippen MR) is 94.2 cm³/mol. The highest BCUT2D eigenvalue weighted by atomic mass is 16.1. The first-order valence-corrected chi connectivity index (χ1v) is 7.75. The molecule has 1 aromatic carbocycles. The number of amides is 1. The van der Waals surface area contributed by atoms with Crippen LogP contribution in [0.4, 0.5) is 11.5 Å². The molecule has 2 aromatic rings. The van der Waals surface area contributed by atoms with Crippen molar-refractivity contribution in [2.45, 2.75) is 6.42 Å². The summed E-state index contributed by atoms with van der Waals surface area (Å²) in [5, 5.41) is 2.95. The average Bonchev–Trinajstić information content (AvgIpc) is 2.58. The summed E-state index contributed by atoms with van der Waals surface area (Å²) in [6, 6.07) is 13.5. The van der Waals surface area contributed by atoms with E-state index in [1.165, 1.54) is 0 Å². The van der Waals surface area contributed by atoms with Gasteiger partial charge >= 0.3 is 0 Å². The van der Waals surface area contributed by atoms with Crippen LogP contribution in [0.25, 0.3) is 0 Å². The van der Waals surface area contributed by atoms with Crippen molar-refractivity contribution in [3.05, 3.63) is 54.2 Å². The molecule has 1 aromatic heterocycles. The maximum atomic E-state index is 12.2. The van der Waals surface area contributed by atoms with E-state index in [4.69, 9.17) is 0 Å². The number of carbonyl (C=O) groups excluding carboxylic acids is 1. The normalized spacial score (nSPS) is 10.6. The Morgan fingerprint density at radius 2 is 1.87 bits per heavy atom. The maximum Gasteiger partial charge on any atom is 0.251 e. The van der Waals surface area contributed by atoms with Crippen molar-refractivity contribution in [1.29, 1.82) is 0 Å². The van der Waals surface area contributed by atoms with Crippen LogP contribution in [0, 0.1) is 0 Å². The van der Waals surface area contributed by atoms with Crippen LogP contribution >= 0.6 is 0 Å². The van der Waals surface area contributed by atoms with Gasteiger partial charge < -0.3 is 15.1 Å². The molecular weight excluding hydrogens is 288 g/mol. The monoisotopic (exact) mass is 312 g/mol. The van der Waals surface area contributed by atoms with Crippen LogP contribution in [0.3, 0.4) is 0 Å². The van der Waals surface area contributed by atoms with E-state index in [0.717, 1.165) is 24.5 Å². The standard InChI is InChI=1S/C18H24N4O/c1-21(2)13-7-11-20-18(23)15-10-12-19-17(14-15)22(3)16-8-5-4-6-9-16/h4-6,8-10,12,14H,7,11,13H2,1-3H3,(H,20,23). The summed E-state index contributed by atoms with van der Waals surface area (Å²) < 4.78 is 0. The molecule has 0 aliphatic rings. The SMILES string of the molecule is CN(C)CCCNC(=O)c1ccnc(N(C)c2ccccc2)c1. The van der Waals surface area contributed by atoms with Gasteiger partial charge in [0.05, 0.1) is 0 Å². The van der Waals surface area contributed by atoms with Crippen molar-refractivity contribution in [2.75, 3.05) is 39.1 Å². The van der Waals surface area contributed by atoms with Crippen molar-refractivity contribution in [2.24, 2.45) is 0 Å². The molecule has 122 valence electrons. The summed E-state index contributed by atoms with van der Waals surface area (Å²) in [4.78, 5) is 20.7. The van der Waals surface area contributed by atoms with Gasteiger partial charge in [0.25, 0.3) is 5.91 Å². The van der Waals surface area contributed by atoms with Crippen LogP contribution in [-0.4, -0.2) is 50.0 Å². The lowest BCUT2D eigenvalue weighted by molar-refractivity contribution is 0.0952. The van der Waals surface area contributed by atoms with Crippen LogP contribution in [0.1, 0.15) is 16.8 Å². The molecule has 1 amide bonds. The zero-order valence-electron chi connectivity index (χ0n) is 14.0. The number of rotatable bonds is 7. The molecule has 0 unspecified atom stereocenters. The van der Waals surface area contributed by atoms with Crippen LogP contribution < -0.4 is 10.2 Å². The van der Waals surface area contributed by atoms with Gasteiger partial charge in [0, 0.05) is 31.0 Å². The molecule has 1 heterocycles. The van der Waals surface area contributed by atoms with Gasteiger partial charge in [0.1, 0.15) is 5.82 Å². The largest absolute Gasteiger partial charge is 0.352 e. The topological polar surface area (TPSA) is 48.5 Å². The summed E-state index contributed by atoms with van der Waals surface area (Å²) in [5.74, 6) is 0.686. The molecule has 0 atom stereocenters. The number of hydrogen-bond acceptors (Lipinski definition) is 4.